The van der Waals surface area contributed by atoms with Crippen molar-refractivity contribution in [3.63, 3.8) is 0 Å². The number of nitrogens with two attached hydrogens (primary N) is 1. The van der Waals surface area contributed by atoms with Crippen LogP contribution >= 0.6 is 15.9 Å². The Labute approximate surface area is 109 Å². The van der Waals surface area contributed by atoms with E-state index in [4.69, 9.17) is 5.73 Å². The first-order valence-corrected chi connectivity index (χ1v) is 6.10. The first-order chi connectivity index (χ1) is 7.99. The summed E-state index contributed by atoms with van der Waals surface area (Å²) in [6, 6.07) is 6.12. The lowest BCUT2D eigenvalue weighted by molar-refractivity contribution is 0.765. The van der Waals surface area contributed by atoms with Crippen molar-refractivity contribution in [2.75, 3.05) is 11.1 Å². The number of aryl methyl sites for hydroxylation is 3. The van der Waals surface area contributed by atoms with Crippen molar-refractivity contribution >= 4 is 33.1 Å². The van der Waals surface area contributed by atoms with Gasteiger partial charge in [-0.05, 0) is 47.5 Å². The molecule has 5 heteroatoms. The number of anilines is 3. The smallest absolute Gasteiger partial charge is 0.152 e. The third-order valence-corrected chi connectivity index (χ3v) is 3.33. The summed E-state index contributed by atoms with van der Waals surface area (Å²) in [6.45, 7) is 3.95. The second kappa shape index (κ2) is 4.41. The molecule has 0 spiro atoms. The Morgan fingerprint density at radius 3 is 2.65 bits per heavy atom. The van der Waals surface area contributed by atoms with Crippen LogP contribution in [0.1, 0.15) is 11.3 Å². The van der Waals surface area contributed by atoms with Crippen LogP contribution in [0.25, 0.3) is 0 Å². The zero-order valence-electron chi connectivity index (χ0n) is 10.1. The van der Waals surface area contributed by atoms with Crippen molar-refractivity contribution in [1.29, 1.82) is 0 Å². The van der Waals surface area contributed by atoms with Gasteiger partial charge in [-0.1, -0.05) is 6.07 Å². The molecule has 0 aliphatic heterocycles. The molecule has 1 aromatic carbocycles. The van der Waals surface area contributed by atoms with Gasteiger partial charge in [-0.3, -0.25) is 4.68 Å². The predicted molar refractivity (Wildman–Crippen MR) is 74.5 cm³/mol. The van der Waals surface area contributed by atoms with Crippen LogP contribution in [0.15, 0.2) is 22.7 Å². The fraction of sp³-hybridized carbons (Fsp3) is 0.250. The van der Waals surface area contributed by atoms with E-state index in [1.165, 1.54) is 5.56 Å². The Bertz CT molecular complexity index is 560. The van der Waals surface area contributed by atoms with Gasteiger partial charge in [0, 0.05) is 11.5 Å². The monoisotopic (exact) mass is 294 g/mol. The van der Waals surface area contributed by atoms with Crippen LogP contribution in [0.4, 0.5) is 17.2 Å². The summed E-state index contributed by atoms with van der Waals surface area (Å²) >= 11 is 3.51. The fourth-order valence-corrected chi connectivity index (χ4v) is 2.03. The molecule has 0 aliphatic carbocycles. The third-order valence-electron chi connectivity index (χ3n) is 2.64. The number of hydrogen-bond acceptors (Lipinski definition) is 3. The maximum atomic E-state index is 5.98. The highest BCUT2D eigenvalue weighted by molar-refractivity contribution is 9.10. The minimum absolute atomic E-state index is 0.681. The van der Waals surface area contributed by atoms with Crippen molar-refractivity contribution in [3.8, 4) is 0 Å². The molecule has 0 saturated heterocycles. The molecule has 0 unspecified atom stereocenters. The van der Waals surface area contributed by atoms with Gasteiger partial charge >= 0.3 is 0 Å². The van der Waals surface area contributed by atoms with Gasteiger partial charge in [-0.2, -0.15) is 5.10 Å². The van der Waals surface area contributed by atoms with E-state index in [9.17, 15) is 0 Å². The Balaban J connectivity index is 2.41. The quantitative estimate of drug-likeness (QED) is 0.895. The van der Waals surface area contributed by atoms with Crippen LogP contribution in [-0.2, 0) is 7.05 Å². The number of hydrogen-bond donors (Lipinski definition) is 2. The molecule has 1 aromatic heterocycles. The second-order valence-electron chi connectivity index (χ2n) is 4.08. The van der Waals surface area contributed by atoms with Gasteiger partial charge in [0.15, 0.2) is 5.82 Å². The molecular formula is C12H15BrN4. The molecule has 2 aromatic rings. The summed E-state index contributed by atoms with van der Waals surface area (Å²) in [5, 5.41) is 7.57. The lowest BCUT2D eigenvalue weighted by Crippen LogP contribution is -2.02. The number of nitrogen functional groups attached to an aromatic ring is 1. The van der Waals surface area contributed by atoms with Crippen LogP contribution in [0.5, 0.6) is 0 Å². The summed E-state index contributed by atoms with van der Waals surface area (Å²) in [5.74, 6) is 0.814. The number of aromatic nitrogens is 2. The highest BCUT2D eigenvalue weighted by Crippen LogP contribution is 2.30. The van der Waals surface area contributed by atoms with E-state index in [0.717, 1.165) is 21.7 Å². The van der Waals surface area contributed by atoms with Crippen molar-refractivity contribution in [3.05, 3.63) is 33.9 Å². The van der Waals surface area contributed by atoms with E-state index in [0.29, 0.717) is 5.69 Å². The van der Waals surface area contributed by atoms with Crippen LogP contribution in [0.3, 0.4) is 0 Å². The van der Waals surface area contributed by atoms with E-state index in [1.807, 2.05) is 26.1 Å². The Morgan fingerprint density at radius 2 is 2.06 bits per heavy atom. The molecule has 0 aliphatic rings. The third kappa shape index (κ3) is 2.29. The summed E-state index contributed by atoms with van der Waals surface area (Å²) in [6.07, 6.45) is 0. The average Bonchev–Trinajstić information content (AvgIpc) is 2.50. The molecule has 0 atom stereocenters. The summed E-state index contributed by atoms with van der Waals surface area (Å²) in [4.78, 5) is 0. The van der Waals surface area contributed by atoms with Gasteiger partial charge in [0.25, 0.3) is 0 Å². The van der Waals surface area contributed by atoms with Gasteiger partial charge < -0.3 is 11.1 Å². The topological polar surface area (TPSA) is 55.9 Å². The Kier molecular flexibility index (Phi) is 3.11. The van der Waals surface area contributed by atoms with Gasteiger partial charge in [0.05, 0.1) is 17.1 Å². The first-order valence-electron chi connectivity index (χ1n) is 5.31. The largest absolute Gasteiger partial charge is 0.394 e. The van der Waals surface area contributed by atoms with Crippen LogP contribution in [0.2, 0.25) is 0 Å². The molecule has 0 fully saturated rings. The van der Waals surface area contributed by atoms with Gasteiger partial charge in [-0.15, -0.1) is 0 Å². The number of nitrogens with zero attached hydrogens (tertiary/aromatic N) is 2. The molecule has 4 nitrogen and oxygen atoms in total. The predicted octanol–water partition coefficient (Wildman–Crippen LogP) is 3.13. The van der Waals surface area contributed by atoms with E-state index in [2.05, 4.69) is 39.3 Å². The average molecular weight is 295 g/mol. The highest BCUT2D eigenvalue weighted by Gasteiger charge is 2.11. The van der Waals surface area contributed by atoms with Crippen LogP contribution < -0.4 is 11.1 Å². The fourth-order valence-electron chi connectivity index (χ4n) is 1.69. The summed E-state index contributed by atoms with van der Waals surface area (Å²) in [7, 11) is 1.87. The number of benzene rings is 1. The molecule has 1 heterocycles. The minimum atomic E-state index is 0.681. The number of halogens is 1. The van der Waals surface area contributed by atoms with E-state index in [-0.39, 0.29) is 0 Å². The lowest BCUT2D eigenvalue weighted by atomic mass is 10.2. The van der Waals surface area contributed by atoms with Crippen LogP contribution in [-0.4, -0.2) is 9.78 Å². The van der Waals surface area contributed by atoms with Gasteiger partial charge in [-0.25, -0.2) is 0 Å². The number of rotatable bonds is 2. The highest BCUT2D eigenvalue weighted by atomic mass is 79.9. The van der Waals surface area contributed by atoms with Crippen LogP contribution in [0, 0.1) is 13.8 Å². The number of nitrogens with one attached hydrogen (secondary N) is 1. The molecule has 2 rings (SSSR count). The molecular weight excluding hydrogens is 280 g/mol. The standard InChI is InChI=1S/C12H15BrN4/c1-7-4-5-9(13)10(6-7)15-12-11(14)8(2)16-17(12)3/h4-6,15H,14H2,1-3H3. The SMILES string of the molecule is Cc1ccc(Br)c(Nc2c(N)c(C)nn2C)c1. The Morgan fingerprint density at radius 1 is 1.35 bits per heavy atom. The molecule has 0 bridgehead atoms. The molecule has 17 heavy (non-hydrogen) atoms. The zero-order valence-corrected chi connectivity index (χ0v) is 11.7. The molecule has 0 radical (unpaired) electrons. The van der Waals surface area contributed by atoms with E-state index >= 15 is 0 Å². The first kappa shape index (κ1) is 12.0. The second-order valence-corrected chi connectivity index (χ2v) is 4.93. The maximum absolute atomic E-state index is 5.98. The molecule has 0 saturated carbocycles. The summed E-state index contributed by atoms with van der Waals surface area (Å²) in [5.41, 5.74) is 9.67. The lowest BCUT2D eigenvalue weighted by Gasteiger charge is -2.10. The normalized spacial score (nSPS) is 10.6. The van der Waals surface area contributed by atoms with Gasteiger partial charge in [0.2, 0.25) is 0 Å². The molecule has 3 N–H and O–H groups in total. The van der Waals surface area contributed by atoms with Crippen molar-refractivity contribution in [2.45, 2.75) is 13.8 Å². The van der Waals surface area contributed by atoms with E-state index in [1.54, 1.807) is 4.68 Å². The minimum Gasteiger partial charge on any atom is -0.394 e. The van der Waals surface area contributed by atoms with Crippen molar-refractivity contribution in [2.24, 2.45) is 7.05 Å². The summed E-state index contributed by atoms with van der Waals surface area (Å²) < 4.78 is 2.75. The zero-order chi connectivity index (χ0) is 12.6. The van der Waals surface area contributed by atoms with Crippen molar-refractivity contribution in [1.82, 2.24) is 9.78 Å². The van der Waals surface area contributed by atoms with Crippen molar-refractivity contribution < 1.29 is 0 Å². The maximum Gasteiger partial charge on any atom is 0.152 e. The molecule has 90 valence electrons. The Hall–Kier alpha value is -1.49. The van der Waals surface area contributed by atoms with Gasteiger partial charge in [0.1, 0.15) is 0 Å². The molecule has 0 amide bonds. The van der Waals surface area contributed by atoms with E-state index < -0.39 is 0 Å².